The van der Waals surface area contributed by atoms with Crippen molar-refractivity contribution in [3.63, 3.8) is 0 Å². The summed E-state index contributed by atoms with van der Waals surface area (Å²) in [5.41, 5.74) is -4.43. The third-order valence-electron chi connectivity index (χ3n) is 13.8. The number of aliphatic hydroxyl groups is 2. The Hall–Kier alpha value is -4.92. The molecule has 2 aromatic rings. The Morgan fingerprint density at radius 1 is 0.709 bits per heavy atom. The molecule has 2 aromatic carbocycles. The first-order chi connectivity index (χ1) is 26.1. The molecule has 7 bridgehead atoms. The molecule has 14 heteroatoms. The Labute approximate surface area is 316 Å². The number of hydrogen-bond acceptors (Lipinski definition) is 14. The van der Waals surface area contributed by atoms with E-state index in [1.807, 2.05) is 4.90 Å². The van der Waals surface area contributed by atoms with E-state index < -0.39 is 125 Å². The highest BCUT2D eigenvalue weighted by molar-refractivity contribution is 5.90. The zero-order valence-corrected chi connectivity index (χ0v) is 30.9. The average molecular weight is 758 g/mol. The minimum atomic E-state index is -1.75. The van der Waals surface area contributed by atoms with E-state index in [1.165, 1.54) is 19.1 Å². The lowest BCUT2D eigenvalue weighted by Crippen LogP contribution is -2.82. The molecule has 290 valence electrons. The summed E-state index contributed by atoms with van der Waals surface area (Å²) in [6.07, 6.45) is -9.39. The molecule has 55 heavy (non-hydrogen) atoms. The first-order valence-corrected chi connectivity index (χ1v) is 18.4. The minimum Gasteiger partial charge on any atom is -0.461 e. The molecule has 14 nitrogen and oxygen atoms in total. The van der Waals surface area contributed by atoms with Gasteiger partial charge in [0.25, 0.3) is 0 Å². The molecule has 16 atom stereocenters. The van der Waals surface area contributed by atoms with Crippen molar-refractivity contribution in [2.75, 3.05) is 7.05 Å². The molecule has 3 unspecified atom stereocenters. The van der Waals surface area contributed by atoms with Gasteiger partial charge in [-0.15, -0.1) is 0 Å². The molecule has 2 spiro atoms. The second-order valence-electron chi connectivity index (χ2n) is 16.1. The molecule has 8 aliphatic rings. The van der Waals surface area contributed by atoms with Gasteiger partial charge in [-0.05, 0) is 43.8 Å². The summed E-state index contributed by atoms with van der Waals surface area (Å²) in [4.78, 5) is 83.0. The van der Waals surface area contributed by atoms with Crippen molar-refractivity contribution in [3.8, 4) is 0 Å². The zero-order chi connectivity index (χ0) is 39.5. The van der Waals surface area contributed by atoms with E-state index in [-0.39, 0.29) is 16.7 Å². The molecule has 0 aromatic heterocycles. The van der Waals surface area contributed by atoms with Crippen LogP contribution >= 0.6 is 0 Å². The number of esters is 5. The summed E-state index contributed by atoms with van der Waals surface area (Å²) in [6, 6.07) is 14.4. The number of aldehydes is 1. The van der Waals surface area contributed by atoms with Crippen molar-refractivity contribution in [2.45, 2.75) is 82.5 Å². The summed E-state index contributed by atoms with van der Waals surface area (Å²) in [5, 5.41) is 25.3. The largest absolute Gasteiger partial charge is 0.461 e. The van der Waals surface area contributed by atoms with Crippen LogP contribution in [0.1, 0.15) is 48.4 Å². The van der Waals surface area contributed by atoms with Crippen LogP contribution in [0.25, 0.3) is 0 Å². The lowest BCUT2D eigenvalue weighted by Gasteiger charge is -2.71. The molecular weight excluding hydrogens is 714 g/mol. The van der Waals surface area contributed by atoms with Crippen LogP contribution in [0.4, 0.5) is 0 Å². The average Bonchev–Trinajstić information content (AvgIpc) is 3.48. The van der Waals surface area contributed by atoms with Crippen molar-refractivity contribution < 1.29 is 62.7 Å². The van der Waals surface area contributed by atoms with Gasteiger partial charge >= 0.3 is 29.8 Å². The lowest BCUT2D eigenvalue weighted by molar-refractivity contribution is -0.318. The fourth-order valence-corrected chi connectivity index (χ4v) is 12.7. The van der Waals surface area contributed by atoms with Gasteiger partial charge in [-0.3, -0.25) is 19.3 Å². The van der Waals surface area contributed by atoms with Crippen molar-refractivity contribution in [1.29, 1.82) is 0 Å². The van der Waals surface area contributed by atoms with Crippen LogP contribution in [-0.2, 0) is 42.9 Å². The van der Waals surface area contributed by atoms with Crippen LogP contribution in [0.5, 0.6) is 0 Å². The van der Waals surface area contributed by atoms with E-state index in [1.54, 1.807) is 62.5 Å². The number of carbonyl (C=O) groups excluding carboxylic acids is 6. The minimum absolute atomic E-state index is 0.122. The lowest BCUT2D eigenvalue weighted by atomic mass is 9.36. The second-order valence-corrected chi connectivity index (χ2v) is 16.1. The number of hydrogen-bond donors (Lipinski definition) is 2. The maximum Gasteiger partial charge on any atom is 0.338 e. The number of likely N-dealkylation sites (N-methyl/N-ethyl adjacent to an activating group) is 1. The van der Waals surface area contributed by atoms with Gasteiger partial charge in [-0.25, -0.2) is 9.59 Å². The van der Waals surface area contributed by atoms with Crippen LogP contribution in [0.2, 0.25) is 0 Å². The van der Waals surface area contributed by atoms with Crippen molar-refractivity contribution in [3.05, 3.63) is 83.9 Å². The zero-order valence-electron chi connectivity index (χ0n) is 30.9. The van der Waals surface area contributed by atoms with Crippen molar-refractivity contribution in [2.24, 2.45) is 39.9 Å². The predicted molar refractivity (Wildman–Crippen MR) is 187 cm³/mol. The molecule has 6 saturated carbocycles. The monoisotopic (exact) mass is 757 g/mol. The summed E-state index contributed by atoms with van der Waals surface area (Å²) < 4.78 is 31.0. The van der Waals surface area contributed by atoms with Gasteiger partial charge in [0, 0.05) is 61.4 Å². The Kier molecular flexibility index (Phi) is 8.45. The maximum atomic E-state index is 14.0. The normalized spacial score (nSPS) is 42.9. The number of piperidine rings is 1. The third kappa shape index (κ3) is 4.58. The molecular formula is C41H43NO13. The molecule has 2 saturated heterocycles. The van der Waals surface area contributed by atoms with E-state index in [9.17, 15) is 39.0 Å². The first-order valence-electron chi connectivity index (χ1n) is 18.4. The number of carbonyl (C=O) groups is 6. The Morgan fingerprint density at radius 2 is 1.22 bits per heavy atom. The third-order valence-corrected chi connectivity index (χ3v) is 13.8. The molecule has 2 N–H and O–H groups in total. The van der Waals surface area contributed by atoms with Gasteiger partial charge in [-0.2, -0.15) is 0 Å². The molecule has 10 rings (SSSR count). The summed E-state index contributed by atoms with van der Waals surface area (Å²) in [5.74, 6) is -7.99. The van der Waals surface area contributed by atoms with Crippen LogP contribution in [0.15, 0.2) is 72.8 Å². The topological polar surface area (TPSA) is 192 Å². The predicted octanol–water partition coefficient (Wildman–Crippen LogP) is 1.90. The number of aliphatic hydroxyl groups excluding tert-OH is 2. The van der Waals surface area contributed by atoms with Gasteiger partial charge in [0.05, 0.1) is 34.7 Å². The van der Waals surface area contributed by atoms with Crippen molar-refractivity contribution >= 4 is 36.1 Å². The Balaban J connectivity index is 1.41. The molecule has 0 radical (unpaired) electrons. The van der Waals surface area contributed by atoms with E-state index in [0.717, 1.165) is 13.8 Å². The van der Waals surface area contributed by atoms with Crippen molar-refractivity contribution in [1.82, 2.24) is 4.90 Å². The Morgan fingerprint density at radius 3 is 1.73 bits per heavy atom. The standard InChI is InChI=1S/C41H43NO13/c1-18-24-27(54-37(49)22-13-9-7-10-14-22)25-32-41-30(26(42(32)6)34(48)40(25,33(18)47)31(41)28(24)51-19(2)44)39(5,17-43)35(52-20(3)45)29(36(41)53-21(4)46)55-38(50)23-15-11-8-12-16-23/h7-17,24-36,47-48H,1H2,2-6H3/t24-,25?,26+,27+,28+,29-,30+,31?,32?,33-,34+,35-,36+,39-,40-,41+/m0/s1. The van der Waals surface area contributed by atoms with Crippen LogP contribution in [0, 0.1) is 39.9 Å². The van der Waals surface area contributed by atoms with E-state index in [0.29, 0.717) is 6.29 Å². The molecule has 0 amide bonds. The highest BCUT2D eigenvalue weighted by Gasteiger charge is 2.96. The number of nitrogens with zero attached hydrogens (tertiary/aromatic N) is 1. The molecule has 2 aliphatic heterocycles. The second kappa shape index (κ2) is 12.6. The number of fused-ring (bicyclic) bond motifs is 1. The van der Waals surface area contributed by atoms with Gasteiger partial charge in [0.1, 0.15) is 18.5 Å². The SMILES string of the molecule is C=C1[C@H]2[C@@H](OC(=O)c3ccccc3)C3C4N(C)[C@H]5[C@@H](O)[C@@]3(C([C@@H]2OC(C)=O)[C@@]42[C@H](OC(C)=O)[C@@H](OC(=O)c3ccccc3)[C@H](OC(C)=O)[C@@](C)(C=O)[C@@H]52)[C@H]1O. The van der Waals surface area contributed by atoms with Gasteiger partial charge in [0.15, 0.2) is 18.3 Å². The van der Waals surface area contributed by atoms with Crippen LogP contribution in [-0.4, -0.2) is 113 Å². The number of rotatable bonds is 8. The maximum absolute atomic E-state index is 14.0. The summed E-state index contributed by atoms with van der Waals surface area (Å²) in [6.45, 7) is 9.26. The summed E-state index contributed by atoms with van der Waals surface area (Å²) in [7, 11) is 1.72. The molecule has 6 aliphatic carbocycles. The van der Waals surface area contributed by atoms with E-state index >= 15 is 0 Å². The van der Waals surface area contributed by atoms with Gasteiger partial charge in [-0.1, -0.05) is 43.0 Å². The summed E-state index contributed by atoms with van der Waals surface area (Å²) >= 11 is 0. The van der Waals surface area contributed by atoms with Crippen LogP contribution < -0.4 is 0 Å². The highest BCUT2D eigenvalue weighted by Crippen LogP contribution is 2.85. The fourth-order valence-electron chi connectivity index (χ4n) is 12.7. The van der Waals surface area contributed by atoms with Gasteiger partial charge < -0.3 is 38.7 Å². The highest BCUT2D eigenvalue weighted by atomic mass is 16.6. The molecule has 2 heterocycles. The first kappa shape index (κ1) is 37.0. The Bertz CT molecular complexity index is 1990. The smallest absolute Gasteiger partial charge is 0.338 e. The van der Waals surface area contributed by atoms with E-state index in [4.69, 9.17) is 23.7 Å². The quantitative estimate of drug-likeness (QED) is 0.172. The molecule has 8 fully saturated rings. The van der Waals surface area contributed by atoms with E-state index in [2.05, 4.69) is 6.58 Å². The fraction of sp³-hybridized carbons (Fsp3) is 0.512. The van der Waals surface area contributed by atoms with Gasteiger partial charge in [0.2, 0.25) is 0 Å². The number of benzene rings is 2. The van der Waals surface area contributed by atoms with Crippen LogP contribution in [0.3, 0.4) is 0 Å². The number of ether oxygens (including phenoxy) is 5.